The molecule has 2 aromatic carbocycles. The molecule has 0 saturated heterocycles. The Hall–Kier alpha value is -1.38. The predicted molar refractivity (Wildman–Crippen MR) is 79.0 cm³/mol. The van der Waals surface area contributed by atoms with Gasteiger partial charge in [-0.2, -0.15) is 0 Å². The number of hydrogen-bond acceptors (Lipinski definition) is 1. The van der Waals surface area contributed by atoms with Crippen LogP contribution in [0.3, 0.4) is 0 Å². The Kier molecular flexibility index (Phi) is 4.56. The van der Waals surface area contributed by atoms with Gasteiger partial charge in [-0.15, -0.1) is 0 Å². The predicted octanol–water partition coefficient (Wildman–Crippen LogP) is 4.56. The molecule has 1 nitrogen and oxygen atoms in total. The van der Waals surface area contributed by atoms with E-state index in [0.717, 1.165) is 29.8 Å². The highest BCUT2D eigenvalue weighted by Crippen LogP contribution is 2.28. The van der Waals surface area contributed by atoms with Crippen molar-refractivity contribution in [2.45, 2.75) is 20.4 Å². The molecule has 0 bridgehead atoms. The zero-order valence-electron chi connectivity index (χ0n) is 11.1. The van der Waals surface area contributed by atoms with E-state index in [1.807, 2.05) is 38.1 Å². The second-order valence-electron chi connectivity index (χ2n) is 4.56. The Morgan fingerprint density at radius 2 is 1.95 bits per heavy atom. The summed E-state index contributed by atoms with van der Waals surface area (Å²) in [7, 11) is 0. The van der Waals surface area contributed by atoms with Crippen molar-refractivity contribution in [3.05, 3.63) is 58.4 Å². The standard InChI is InChI=1S/C16H17ClFN/c1-3-19-10-12-5-7-16(18)14(8-12)13-6-4-11(2)15(17)9-13/h4-9,19H,3,10H2,1-2H3. The second kappa shape index (κ2) is 6.18. The van der Waals surface area contributed by atoms with Crippen molar-refractivity contribution >= 4 is 11.6 Å². The Morgan fingerprint density at radius 3 is 2.63 bits per heavy atom. The van der Waals surface area contributed by atoms with Crippen molar-refractivity contribution in [1.29, 1.82) is 0 Å². The van der Waals surface area contributed by atoms with E-state index in [1.165, 1.54) is 6.07 Å². The van der Waals surface area contributed by atoms with Gasteiger partial charge in [0.25, 0.3) is 0 Å². The summed E-state index contributed by atoms with van der Waals surface area (Å²) in [4.78, 5) is 0. The molecule has 0 amide bonds. The van der Waals surface area contributed by atoms with Crippen LogP contribution in [0.4, 0.5) is 4.39 Å². The van der Waals surface area contributed by atoms with E-state index in [2.05, 4.69) is 5.32 Å². The Labute approximate surface area is 118 Å². The van der Waals surface area contributed by atoms with Crippen molar-refractivity contribution in [1.82, 2.24) is 5.32 Å². The minimum absolute atomic E-state index is 0.222. The molecule has 0 aliphatic rings. The second-order valence-corrected chi connectivity index (χ2v) is 4.97. The van der Waals surface area contributed by atoms with Crippen LogP contribution >= 0.6 is 11.6 Å². The van der Waals surface area contributed by atoms with E-state index in [9.17, 15) is 4.39 Å². The lowest BCUT2D eigenvalue weighted by molar-refractivity contribution is 0.629. The van der Waals surface area contributed by atoms with Gasteiger partial charge in [0.1, 0.15) is 5.82 Å². The lowest BCUT2D eigenvalue weighted by Crippen LogP contribution is -2.11. The zero-order chi connectivity index (χ0) is 13.8. The quantitative estimate of drug-likeness (QED) is 0.864. The fourth-order valence-electron chi connectivity index (χ4n) is 1.93. The fourth-order valence-corrected chi connectivity index (χ4v) is 2.11. The SMILES string of the molecule is CCNCc1ccc(F)c(-c2ccc(C)c(Cl)c2)c1. The Morgan fingerprint density at radius 1 is 1.16 bits per heavy atom. The summed E-state index contributed by atoms with van der Waals surface area (Å²) in [5.74, 6) is -0.222. The minimum Gasteiger partial charge on any atom is -0.313 e. The number of halogens is 2. The normalized spacial score (nSPS) is 10.7. The van der Waals surface area contributed by atoms with Crippen LogP contribution < -0.4 is 5.32 Å². The first-order valence-corrected chi connectivity index (χ1v) is 6.75. The third-order valence-corrected chi connectivity index (χ3v) is 3.50. The molecule has 19 heavy (non-hydrogen) atoms. The molecule has 0 aliphatic carbocycles. The summed E-state index contributed by atoms with van der Waals surface area (Å²) in [5, 5.41) is 3.90. The number of aryl methyl sites for hydroxylation is 1. The molecule has 2 rings (SSSR count). The van der Waals surface area contributed by atoms with E-state index in [4.69, 9.17) is 11.6 Å². The van der Waals surface area contributed by atoms with Gasteiger partial charge in [0.05, 0.1) is 0 Å². The van der Waals surface area contributed by atoms with Crippen molar-refractivity contribution in [3.63, 3.8) is 0 Å². The largest absolute Gasteiger partial charge is 0.313 e. The molecular weight excluding hydrogens is 261 g/mol. The molecule has 0 unspecified atom stereocenters. The molecule has 0 aliphatic heterocycles. The van der Waals surface area contributed by atoms with E-state index < -0.39 is 0 Å². The molecule has 1 N–H and O–H groups in total. The molecule has 0 atom stereocenters. The van der Waals surface area contributed by atoms with Crippen molar-refractivity contribution in [2.75, 3.05) is 6.54 Å². The first-order valence-electron chi connectivity index (χ1n) is 6.37. The summed E-state index contributed by atoms with van der Waals surface area (Å²) in [6.45, 7) is 5.61. The highest BCUT2D eigenvalue weighted by atomic mass is 35.5. The van der Waals surface area contributed by atoms with Gasteiger partial charge in [0, 0.05) is 17.1 Å². The van der Waals surface area contributed by atoms with Gasteiger partial charge < -0.3 is 5.32 Å². The molecule has 0 heterocycles. The van der Waals surface area contributed by atoms with Crippen LogP contribution in [-0.4, -0.2) is 6.54 Å². The van der Waals surface area contributed by atoms with E-state index in [1.54, 1.807) is 6.07 Å². The van der Waals surface area contributed by atoms with Crippen molar-refractivity contribution < 1.29 is 4.39 Å². The third-order valence-electron chi connectivity index (χ3n) is 3.09. The lowest BCUT2D eigenvalue weighted by atomic mass is 10.0. The van der Waals surface area contributed by atoms with Crippen LogP contribution in [0.2, 0.25) is 5.02 Å². The smallest absolute Gasteiger partial charge is 0.131 e. The van der Waals surface area contributed by atoms with E-state index >= 15 is 0 Å². The van der Waals surface area contributed by atoms with Crippen molar-refractivity contribution in [2.24, 2.45) is 0 Å². The number of nitrogens with one attached hydrogen (secondary N) is 1. The molecule has 0 radical (unpaired) electrons. The number of hydrogen-bond donors (Lipinski definition) is 1. The Bertz CT molecular complexity index is 581. The lowest BCUT2D eigenvalue weighted by Gasteiger charge is -2.09. The van der Waals surface area contributed by atoms with Crippen LogP contribution in [0.25, 0.3) is 11.1 Å². The Balaban J connectivity index is 2.39. The molecule has 3 heteroatoms. The maximum Gasteiger partial charge on any atom is 0.131 e. The number of rotatable bonds is 4. The highest BCUT2D eigenvalue weighted by molar-refractivity contribution is 6.31. The molecule has 2 aromatic rings. The van der Waals surface area contributed by atoms with Gasteiger partial charge in [-0.3, -0.25) is 0 Å². The fraction of sp³-hybridized carbons (Fsp3) is 0.250. The zero-order valence-corrected chi connectivity index (χ0v) is 11.9. The first-order chi connectivity index (χ1) is 9.11. The van der Waals surface area contributed by atoms with Crippen LogP contribution in [-0.2, 0) is 6.54 Å². The minimum atomic E-state index is -0.222. The molecule has 0 fully saturated rings. The van der Waals surface area contributed by atoms with E-state index in [0.29, 0.717) is 10.6 Å². The maximum absolute atomic E-state index is 13.9. The van der Waals surface area contributed by atoms with Crippen LogP contribution in [0.1, 0.15) is 18.1 Å². The first kappa shape index (κ1) is 14.0. The van der Waals surface area contributed by atoms with Gasteiger partial charge in [-0.05, 0) is 48.4 Å². The van der Waals surface area contributed by atoms with Gasteiger partial charge in [-0.25, -0.2) is 4.39 Å². The van der Waals surface area contributed by atoms with E-state index in [-0.39, 0.29) is 5.82 Å². The maximum atomic E-state index is 13.9. The van der Waals surface area contributed by atoms with Gasteiger partial charge in [0.2, 0.25) is 0 Å². The van der Waals surface area contributed by atoms with Crippen molar-refractivity contribution in [3.8, 4) is 11.1 Å². The average molecular weight is 278 g/mol. The molecule has 0 aromatic heterocycles. The molecular formula is C16H17ClFN. The number of benzene rings is 2. The summed E-state index contributed by atoms with van der Waals surface area (Å²) >= 11 is 6.10. The highest BCUT2D eigenvalue weighted by Gasteiger charge is 2.07. The van der Waals surface area contributed by atoms with Crippen LogP contribution in [0, 0.1) is 12.7 Å². The monoisotopic (exact) mass is 277 g/mol. The molecule has 0 spiro atoms. The van der Waals surface area contributed by atoms with Crippen LogP contribution in [0.5, 0.6) is 0 Å². The summed E-state index contributed by atoms with van der Waals surface area (Å²) in [6, 6.07) is 10.8. The van der Waals surface area contributed by atoms with Gasteiger partial charge in [-0.1, -0.05) is 36.7 Å². The summed E-state index contributed by atoms with van der Waals surface area (Å²) in [6.07, 6.45) is 0. The van der Waals surface area contributed by atoms with Crippen LogP contribution in [0.15, 0.2) is 36.4 Å². The summed E-state index contributed by atoms with van der Waals surface area (Å²) < 4.78 is 13.9. The molecule has 100 valence electrons. The summed E-state index contributed by atoms with van der Waals surface area (Å²) in [5.41, 5.74) is 3.47. The third kappa shape index (κ3) is 3.34. The topological polar surface area (TPSA) is 12.0 Å². The van der Waals surface area contributed by atoms with Gasteiger partial charge in [0.15, 0.2) is 0 Å². The van der Waals surface area contributed by atoms with Gasteiger partial charge >= 0.3 is 0 Å². The average Bonchev–Trinajstić information content (AvgIpc) is 2.41. The molecule has 0 saturated carbocycles.